The maximum absolute atomic E-state index is 12.6. The number of hydrogen-bond donors (Lipinski definition) is 1. The minimum Gasteiger partial charge on any atom is -0.350 e. The van der Waals surface area contributed by atoms with Crippen molar-refractivity contribution in [1.82, 2.24) is 10.2 Å². The standard InChI is InChI=1S/C18H24N2O2S/c1-11-7-12(2)14(13(3)8-11)9-19-17(22)15-10-23-18(4)6-5-16(21)20(15)18/h7-8,15H,5-6,9-10H2,1-4H3,(H,19,22). The Labute approximate surface area is 142 Å². The first kappa shape index (κ1) is 16.4. The van der Waals surface area contributed by atoms with Crippen molar-refractivity contribution in [3.8, 4) is 0 Å². The van der Waals surface area contributed by atoms with E-state index in [4.69, 9.17) is 0 Å². The molecule has 2 atom stereocenters. The van der Waals surface area contributed by atoms with Crippen molar-refractivity contribution in [2.45, 2.75) is 58.0 Å². The normalized spacial score (nSPS) is 26.5. The van der Waals surface area contributed by atoms with Crippen molar-refractivity contribution < 1.29 is 9.59 Å². The zero-order valence-electron chi connectivity index (χ0n) is 14.2. The quantitative estimate of drug-likeness (QED) is 0.926. The molecule has 2 amide bonds. The molecule has 124 valence electrons. The second kappa shape index (κ2) is 5.86. The molecule has 0 aliphatic carbocycles. The summed E-state index contributed by atoms with van der Waals surface area (Å²) in [7, 11) is 0. The van der Waals surface area contributed by atoms with Crippen molar-refractivity contribution in [2.24, 2.45) is 0 Å². The lowest BCUT2D eigenvalue weighted by molar-refractivity contribution is -0.138. The van der Waals surface area contributed by atoms with Crippen LogP contribution in [-0.4, -0.2) is 33.4 Å². The molecule has 0 aromatic heterocycles. The number of carbonyl (C=O) groups is 2. The van der Waals surface area contributed by atoms with Crippen LogP contribution >= 0.6 is 11.8 Å². The molecule has 1 aromatic rings. The monoisotopic (exact) mass is 332 g/mol. The molecule has 2 aliphatic rings. The summed E-state index contributed by atoms with van der Waals surface area (Å²) in [5, 5.41) is 3.05. The van der Waals surface area contributed by atoms with Crippen LogP contribution in [0.3, 0.4) is 0 Å². The number of nitrogens with one attached hydrogen (secondary N) is 1. The molecule has 2 unspecified atom stereocenters. The third-order valence-electron chi connectivity index (χ3n) is 5.03. The predicted molar refractivity (Wildman–Crippen MR) is 93.2 cm³/mol. The van der Waals surface area contributed by atoms with Crippen molar-refractivity contribution in [3.05, 3.63) is 34.4 Å². The Hall–Kier alpha value is -1.49. The first-order valence-corrected chi connectivity index (χ1v) is 9.11. The smallest absolute Gasteiger partial charge is 0.243 e. The fourth-order valence-corrected chi connectivity index (χ4v) is 5.23. The van der Waals surface area contributed by atoms with Crippen LogP contribution in [0.15, 0.2) is 12.1 Å². The SMILES string of the molecule is Cc1cc(C)c(CNC(=O)C2CSC3(C)CCC(=O)N23)c(C)c1. The van der Waals surface area contributed by atoms with E-state index in [2.05, 4.69) is 45.1 Å². The van der Waals surface area contributed by atoms with Gasteiger partial charge in [0.25, 0.3) is 0 Å². The summed E-state index contributed by atoms with van der Waals surface area (Å²) < 4.78 is 0. The number of benzene rings is 1. The lowest BCUT2D eigenvalue weighted by Crippen LogP contribution is -2.49. The summed E-state index contributed by atoms with van der Waals surface area (Å²) in [4.78, 5) is 26.4. The van der Waals surface area contributed by atoms with Gasteiger partial charge in [0.05, 0.1) is 4.87 Å². The summed E-state index contributed by atoms with van der Waals surface area (Å²) >= 11 is 1.73. The van der Waals surface area contributed by atoms with Crippen LogP contribution in [0.5, 0.6) is 0 Å². The topological polar surface area (TPSA) is 49.4 Å². The molecular formula is C18H24N2O2S. The summed E-state index contributed by atoms with van der Waals surface area (Å²) in [5.74, 6) is 0.774. The van der Waals surface area contributed by atoms with Crippen molar-refractivity contribution in [2.75, 3.05) is 5.75 Å². The van der Waals surface area contributed by atoms with E-state index in [-0.39, 0.29) is 22.7 Å². The summed E-state index contributed by atoms with van der Waals surface area (Å²) in [6, 6.07) is 3.95. The first-order chi connectivity index (χ1) is 10.8. The van der Waals surface area contributed by atoms with E-state index in [1.807, 2.05) is 4.90 Å². The minimum absolute atomic E-state index is 0.0316. The van der Waals surface area contributed by atoms with E-state index in [0.29, 0.717) is 18.7 Å². The molecule has 1 aromatic carbocycles. The maximum atomic E-state index is 12.6. The first-order valence-electron chi connectivity index (χ1n) is 8.12. The van der Waals surface area contributed by atoms with E-state index >= 15 is 0 Å². The van der Waals surface area contributed by atoms with Crippen LogP contribution < -0.4 is 5.32 Å². The highest BCUT2D eigenvalue weighted by atomic mass is 32.2. The Morgan fingerprint density at radius 3 is 2.65 bits per heavy atom. The minimum atomic E-state index is -0.328. The molecule has 2 fully saturated rings. The van der Waals surface area contributed by atoms with Gasteiger partial charge in [-0.05, 0) is 50.8 Å². The van der Waals surface area contributed by atoms with Crippen molar-refractivity contribution in [3.63, 3.8) is 0 Å². The van der Waals surface area contributed by atoms with Gasteiger partial charge >= 0.3 is 0 Å². The number of fused-ring (bicyclic) bond motifs is 1. The highest BCUT2D eigenvalue weighted by Crippen LogP contribution is 2.47. The third-order valence-corrected chi connectivity index (χ3v) is 6.53. The summed E-state index contributed by atoms with van der Waals surface area (Å²) in [6.07, 6.45) is 1.40. The molecule has 4 nitrogen and oxygen atoms in total. The van der Waals surface area contributed by atoms with Crippen LogP contribution in [0.2, 0.25) is 0 Å². The molecule has 2 saturated heterocycles. The highest BCUT2D eigenvalue weighted by molar-refractivity contribution is 8.01. The van der Waals surface area contributed by atoms with Gasteiger partial charge in [-0.1, -0.05) is 17.7 Å². The van der Waals surface area contributed by atoms with Crippen LogP contribution in [0, 0.1) is 20.8 Å². The fraction of sp³-hybridized carbons (Fsp3) is 0.556. The van der Waals surface area contributed by atoms with Crippen molar-refractivity contribution >= 4 is 23.6 Å². The molecule has 3 rings (SSSR count). The molecular weight excluding hydrogens is 308 g/mol. The van der Waals surface area contributed by atoms with E-state index in [1.165, 1.54) is 22.3 Å². The Kier molecular flexibility index (Phi) is 4.17. The van der Waals surface area contributed by atoms with E-state index < -0.39 is 0 Å². The largest absolute Gasteiger partial charge is 0.350 e. The van der Waals surface area contributed by atoms with Gasteiger partial charge in [-0.2, -0.15) is 0 Å². The van der Waals surface area contributed by atoms with Gasteiger partial charge in [0.2, 0.25) is 11.8 Å². The second-order valence-corrected chi connectivity index (χ2v) is 8.36. The van der Waals surface area contributed by atoms with Crippen molar-refractivity contribution in [1.29, 1.82) is 0 Å². The summed E-state index contributed by atoms with van der Waals surface area (Å²) in [6.45, 7) is 8.83. The predicted octanol–water partition coefficient (Wildman–Crippen LogP) is 2.68. The molecule has 2 aliphatic heterocycles. The molecule has 0 spiro atoms. The highest BCUT2D eigenvalue weighted by Gasteiger charge is 2.52. The average Bonchev–Trinajstić information content (AvgIpc) is 2.95. The Bertz CT molecular complexity index is 650. The molecule has 5 heteroatoms. The number of rotatable bonds is 3. The zero-order valence-corrected chi connectivity index (χ0v) is 15.0. The number of hydrogen-bond acceptors (Lipinski definition) is 3. The van der Waals surface area contributed by atoms with Gasteiger partial charge in [0, 0.05) is 18.7 Å². The average molecular weight is 332 g/mol. The third kappa shape index (κ3) is 2.87. The zero-order chi connectivity index (χ0) is 16.8. The van der Waals surface area contributed by atoms with E-state index in [9.17, 15) is 9.59 Å². The van der Waals surface area contributed by atoms with Gasteiger partial charge in [-0.15, -0.1) is 11.8 Å². The number of thioether (sulfide) groups is 1. The lowest BCUT2D eigenvalue weighted by atomic mass is 10.00. The van der Waals surface area contributed by atoms with Gasteiger partial charge in [0.1, 0.15) is 6.04 Å². The van der Waals surface area contributed by atoms with Crippen LogP contribution in [-0.2, 0) is 16.1 Å². The number of amides is 2. The molecule has 23 heavy (non-hydrogen) atoms. The molecule has 0 bridgehead atoms. The van der Waals surface area contributed by atoms with E-state index in [0.717, 1.165) is 6.42 Å². The van der Waals surface area contributed by atoms with Crippen LogP contribution in [0.4, 0.5) is 0 Å². The Morgan fingerprint density at radius 2 is 2.00 bits per heavy atom. The molecule has 1 N–H and O–H groups in total. The maximum Gasteiger partial charge on any atom is 0.243 e. The summed E-state index contributed by atoms with van der Waals surface area (Å²) in [5.41, 5.74) is 4.81. The van der Waals surface area contributed by atoms with E-state index in [1.54, 1.807) is 11.8 Å². The van der Waals surface area contributed by atoms with Crippen LogP contribution in [0.1, 0.15) is 42.0 Å². The number of nitrogens with zero attached hydrogens (tertiary/aromatic N) is 1. The van der Waals surface area contributed by atoms with Gasteiger partial charge in [-0.25, -0.2) is 0 Å². The number of aryl methyl sites for hydroxylation is 3. The Morgan fingerprint density at radius 1 is 1.35 bits per heavy atom. The van der Waals surface area contributed by atoms with Gasteiger partial charge in [-0.3, -0.25) is 9.59 Å². The second-order valence-electron chi connectivity index (χ2n) is 6.86. The van der Waals surface area contributed by atoms with Gasteiger partial charge in [0.15, 0.2) is 0 Å². The molecule has 0 radical (unpaired) electrons. The lowest BCUT2D eigenvalue weighted by Gasteiger charge is -2.30. The molecule has 2 heterocycles. The number of carbonyl (C=O) groups excluding carboxylic acids is 2. The van der Waals surface area contributed by atoms with Crippen LogP contribution in [0.25, 0.3) is 0 Å². The Balaban J connectivity index is 1.70. The molecule has 0 saturated carbocycles. The fourth-order valence-electron chi connectivity index (χ4n) is 3.80. The van der Waals surface area contributed by atoms with Gasteiger partial charge < -0.3 is 10.2 Å².